The first-order chi connectivity index (χ1) is 24.8. The third-order valence-electron chi connectivity index (χ3n) is 11.6. The molecule has 0 saturated carbocycles. The Kier molecular flexibility index (Phi) is 4.94. The van der Waals surface area contributed by atoms with Gasteiger partial charge in [-0.25, -0.2) is 4.98 Å². The summed E-state index contributed by atoms with van der Waals surface area (Å²) in [6.07, 6.45) is 0. The minimum atomic E-state index is -0.362. The number of aromatic nitrogens is 2. The lowest BCUT2D eigenvalue weighted by molar-refractivity contribution is 0.794. The van der Waals surface area contributed by atoms with E-state index in [0.717, 1.165) is 16.7 Å². The molecule has 0 atom stereocenters. The Morgan fingerprint density at radius 3 is 1.76 bits per heavy atom. The Labute approximate surface area is 288 Å². The van der Waals surface area contributed by atoms with Gasteiger partial charge in [0.1, 0.15) is 5.65 Å². The van der Waals surface area contributed by atoms with Crippen LogP contribution < -0.4 is 0 Å². The van der Waals surface area contributed by atoms with Gasteiger partial charge in [0, 0.05) is 10.8 Å². The lowest BCUT2D eigenvalue weighted by atomic mass is 9.70. The van der Waals surface area contributed by atoms with E-state index >= 15 is 0 Å². The predicted octanol–water partition coefficient (Wildman–Crippen LogP) is 12.0. The normalized spacial score (nSPS) is 13.8. The van der Waals surface area contributed by atoms with E-state index in [-0.39, 0.29) is 5.41 Å². The molecule has 2 heteroatoms. The van der Waals surface area contributed by atoms with Gasteiger partial charge >= 0.3 is 0 Å². The topological polar surface area (TPSA) is 17.3 Å². The number of hydrogen-bond donors (Lipinski definition) is 0. The van der Waals surface area contributed by atoms with Crippen molar-refractivity contribution in [3.05, 3.63) is 192 Å². The molecular formula is C48H28N2. The highest BCUT2D eigenvalue weighted by molar-refractivity contribution is 6.23. The van der Waals surface area contributed by atoms with Crippen LogP contribution in [0.4, 0.5) is 0 Å². The molecule has 12 rings (SSSR count). The van der Waals surface area contributed by atoms with Crippen LogP contribution in [-0.2, 0) is 5.41 Å². The molecule has 0 bridgehead atoms. The molecule has 1 spiro atoms. The van der Waals surface area contributed by atoms with Gasteiger partial charge in [0.2, 0.25) is 0 Å². The fraction of sp³-hybridized carbons (Fsp3) is 0.0208. The van der Waals surface area contributed by atoms with E-state index in [2.05, 4.69) is 174 Å². The standard InChI is InChI=1S/C48H28N2/c1-2-12-32-29(11-1)21-25-37-38-27-30(23-26-44(38)50-45-20-10-9-19-43(45)49-47(50)46(32)37)31-22-24-36-35-15-5-8-18-41(35)48(42(36)28-31)39-16-6-3-13-33(39)34-14-4-7-17-40(34)48/h1-28H. The Morgan fingerprint density at radius 2 is 1.00 bits per heavy atom. The lowest BCUT2D eigenvalue weighted by Gasteiger charge is -2.30. The minimum Gasteiger partial charge on any atom is -0.292 e. The van der Waals surface area contributed by atoms with E-state index in [4.69, 9.17) is 4.98 Å². The molecule has 8 aromatic carbocycles. The molecule has 2 aromatic heterocycles. The zero-order valence-electron chi connectivity index (χ0n) is 27.1. The molecule has 0 aliphatic heterocycles. The van der Waals surface area contributed by atoms with Gasteiger partial charge in [-0.3, -0.25) is 4.40 Å². The quantitative estimate of drug-likeness (QED) is 0.165. The zero-order valence-corrected chi connectivity index (χ0v) is 27.1. The third kappa shape index (κ3) is 3.13. The molecule has 10 aromatic rings. The van der Waals surface area contributed by atoms with Crippen LogP contribution in [0.3, 0.4) is 0 Å². The van der Waals surface area contributed by atoms with Crippen molar-refractivity contribution in [1.82, 2.24) is 9.38 Å². The fourth-order valence-electron chi connectivity index (χ4n) is 9.58. The number of benzene rings is 8. The average molecular weight is 633 g/mol. The lowest BCUT2D eigenvalue weighted by Crippen LogP contribution is -2.25. The van der Waals surface area contributed by atoms with Gasteiger partial charge in [-0.05, 0) is 102 Å². The summed E-state index contributed by atoms with van der Waals surface area (Å²) in [7, 11) is 0. The van der Waals surface area contributed by atoms with Crippen LogP contribution in [0.5, 0.6) is 0 Å². The third-order valence-corrected chi connectivity index (χ3v) is 11.6. The van der Waals surface area contributed by atoms with E-state index in [9.17, 15) is 0 Å². The smallest absolute Gasteiger partial charge is 0.147 e. The first-order valence-corrected chi connectivity index (χ1v) is 17.4. The summed E-state index contributed by atoms with van der Waals surface area (Å²) in [4.78, 5) is 5.22. The van der Waals surface area contributed by atoms with Crippen molar-refractivity contribution in [3.63, 3.8) is 0 Å². The van der Waals surface area contributed by atoms with Gasteiger partial charge in [0.25, 0.3) is 0 Å². The van der Waals surface area contributed by atoms with Crippen molar-refractivity contribution in [2.24, 2.45) is 0 Å². The minimum absolute atomic E-state index is 0.362. The van der Waals surface area contributed by atoms with Crippen LogP contribution in [0.1, 0.15) is 22.3 Å². The number of pyridine rings is 1. The zero-order chi connectivity index (χ0) is 32.6. The van der Waals surface area contributed by atoms with Gasteiger partial charge in [0.15, 0.2) is 0 Å². The summed E-state index contributed by atoms with van der Waals surface area (Å²) < 4.78 is 2.37. The number of fused-ring (bicyclic) bond motifs is 20. The summed E-state index contributed by atoms with van der Waals surface area (Å²) in [5, 5.41) is 6.12. The molecule has 0 fully saturated rings. The number of hydrogen-bond acceptors (Lipinski definition) is 1. The number of rotatable bonds is 1. The second-order valence-corrected chi connectivity index (χ2v) is 13.8. The number of imidazole rings is 1. The summed E-state index contributed by atoms with van der Waals surface area (Å²) in [6.45, 7) is 0. The molecule has 2 nitrogen and oxygen atoms in total. The largest absolute Gasteiger partial charge is 0.292 e. The monoisotopic (exact) mass is 632 g/mol. The molecular weight excluding hydrogens is 605 g/mol. The van der Waals surface area contributed by atoms with Crippen LogP contribution in [-0.4, -0.2) is 9.38 Å². The first-order valence-electron chi connectivity index (χ1n) is 17.4. The summed E-state index contributed by atoms with van der Waals surface area (Å²) in [5.41, 5.74) is 17.2. The number of nitrogens with zero attached hydrogens (tertiary/aromatic N) is 2. The van der Waals surface area contributed by atoms with Gasteiger partial charge in [-0.2, -0.15) is 0 Å². The molecule has 230 valence electrons. The molecule has 0 saturated heterocycles. The molecule has 0 radical (unpaired) electrons. The Morgan fingerprint density at radius 1 is 0.400 bits per heavy atom. The van der Waals surface area contributed by atoms with Gasteiger partial charge in [-0.15, -0.1) is 0 Å². The maximum absolute atomic E-state index is 5.22. The maximum Gasteiger partial charge on any atom is 0.147 e. The molecule has 0 unspecified atom stereocenters. The van der Waals surface area contributed by atoms with Crippen molar-refractivity contribution >= 4 is 49.1 Å². The molecule has 0 amide bonds. The molecule has 2 aliphatic rings. The van der Waals surface area contributed by atoms with Gasteiger partial charge in [-0.1, -0.05) is 140 Å². The summed E-state index contributed by atoms with van der Waals surface area (Å²) >= 11 is 0. The van der Waals surface area contributed by atoms with Crippen LogP contribution in [0, 0.1) is 0 Å². The van der Waals surface area contributed by atoms with Crippen LogP contribution >= 0.6 is 0 Å². The van der Waals surface area contributed by atoms with Crippen LogP contribution in [0.15, 0.2) is 170 Å². The summed E-state index contributed by atoms with van der Waals surface area (Å²) in [5.74, 6) is 0. The Hall–Kier alpha value is -6.51. The average Bonchev–Trinajstić information content (AvgIpc) is 3.82. The molecule has 2 aliphatic carbocycles. The van der Waals surface area contributed by atoms with E-state index < -0.39 is 0 Å². The molecule has 2 heterocycles. The van der Waals surface area contributed by atoms with E-state index in [0.29, 0.717) is 0 Å². The van der Waals surface area contributed by atoms with Crippen molar-refractivity contribution in [3.8, 4) is 33.4 Å². The second kappa shape index (κ2) is 9.34. The predicted molar refractivity (Wildman–Crippen MR) is 207 cm³/mol. The first kappa shape index (κ1) is 26.4. The summed E-state index contributed by atoms with van der Waals surface area (Å²) in [6, 6.07) is 63.0. The highest BCUT2D eigenvalue weighted by atomic mass is 15.0. The maximum atomic E-state index is 5.22. The van der Waals surface area contributed by atoms with Crippen molar-refractivity contribution < 1.29 is 0 Å². The van der Waals surface area contributed by atoms with Crippen LogP contribution in [0.25, 0.3) is 82.5 Å². The fourth-order valence-corrected chi connectivity index (χ4v) is 9.58. The second-order valence-electron chi connectivity index (χ2n) is 13.8. The highest BCUT2D eigenvalue weighted by Crippen LogP contribution is 2.63. The van der Waals surface area contributed by atoms with Gasteiger partial charge < -0.3 is 0 Å². The highest BCUT2D eigenvalue weighted by Gasteiger charge is 2.51. The van der Waals surface area contributed by atoms with Crippen molar-refractivity contribution in [1.29, 1.82) is 0 Å². The van der Waals surface area contributed by atoms with Crippen molar-refractivity contribution in [2.45, 2.75) is 5.41 Å². The van der Waals surface area contributed by atoms with Crippen LogP contribution in [0.2, 0.25) is 0 Å². The SMILES string of the molecule is c1ccc2c(c1)-c1ccccc1C21c2ccccc2-c2ccc(-c3ccc4c(c3)c3ccc5ccccc5c3c3nc5ccccc5n43)cc21. The van der Waals surface area contributed by atoms with E-state index in [1.54, 1.807) is 0 Å². The van der Waals surface area contributed by atoms with Gasteiger partial charge in [0.05, 0.1) is 22.0 Å². The number of para-hydroxylation sites is 2. The van der Waals surface area contributed by atoms with E-state index in [1.807, 2.05) is 0 Å². The molecule has 50 heavy (non-hydrogen) atoms. The Bertz CT molecular complexity index is 3040. The van der Waals surface area contributed by atoms with Crippen molar-refractivity contribution in [2.75, 3.05) is 0 Å². The molecule has 0 N–H and O–H groups in total. The van der Waals surface area contributed by atoms with E-state index in [1.165, 1.54) is 88.1 Å². The Balaban J connectivity index is 1.17.